The number of non-ortho nitro benzene ring substituents is 1. The maximum absolute atomic E-state index is 12.6. The number of ether oxygens (including phenoxy) is 2. The van der Waals surface area contributed by atoms with Crippen molar-refractivity contribution < 1.29 is 34.0 Å². The molecule has 0 amide bonds. The van der Waals surface area contributed by atoms with Crippen LogP contribution >= 0.6 is 15.9 Å². The molecule has 3 aliphatic carbocycles. The summed E-state index contributed by atoms with van der Waals surface area (Å²) in [6.45, 7) is 9.28. The Labute approximate surface area is 334 Å². The van der Waals surface area contributed by atoms with E-state index in [1.165, 1.54) is 43.4 Å². The van der Waals surface area contributed by atoms with Crippen LogP contribution < -0.4 is 5.32 Å². The molecule has 3 fully saturated rings. The third-order valence-electron chi connectivity index (χ3n) is 12.0. The van der Waals surface area contributed by atoms with Crippen molar-refractivity contribution in [2.75, 3.05) is 23.8 Å². The van der Waals surface area contributed by atoms with Gasteiger partial charge in [0.15, 0.2) is 0 Å². The van der Waals surface area contributed by atoms with E-state index < -0.39 is 15.4 Å². The lowest BCUT2D eigenvalue weighted by Gasteiger charge is -2.44. The molecular formula is C42H60BrN3O9. The molecule has 0 radical (unpaired) electrons. The summed E-state index contributed by atoms with van der Waals surface area (Å²) in [5.74, 6) is 1.27. The van der Waals surface area contributed by atoms with Crippen LogP contribution in [0.3, 0.4) is 0 Å². The average molecular weight is 831 g/mol. The summed E-state index contributed by atoms with van der Waals surface area (Å²) in [5, 5.41) is 35.7. The number of halogens is 1. The van der Waals surface area contributed by atoms with E-state index in [2.05, 4.69) is 47.2 Å². The summed E-state index contributed by atoms with van der Waals surface area (Å²) in [5.41, 5.74) is 2.92. The quantitative estimate of drug-likeness (QED) is 0.0450. The molecule has 3 saturated carbocycles. The molecule has 4 rings (SSSR count). The highest BCUT2D eigenvalue weighted by Crippen LogP contribution is 2.60. The molecule has 0 aromatic heterocycles. The van der Waals surface area contributed by atoms with Crippen molar-refractivity contribution in [3.8, 4) is 0 Å². The van der Waals surface area contributed by atoms with Gasteiger partial charge in [-0.1, -0.05) is 66.8 Å². The zero-order valence-corrected chi connectivity index (χ0v) is 34.6. The number of esters is 2. The summed E-state index contributed by atoms with van der Waals surface area (Å²) in [6.07, 6.45) is 19.6. The van der Waals surface area contributed by atoms with Gasteiger partial charge in [-0.2, -0.15) is 0 Å². The molecule has 0 spiro atoms. The monoisotopic (exact) mass is 829 g/mol. The second kappa shape index (κ2) is 20.5. The Bertz CT molecular complexity index is 1620. The maximum Gasteiger partial charge on any atom is 0.316 e. The summed E-state index contributed by atoms with van der Waals surface area (Å²) in [7, 11) is 0. The van der Waals surface area contributed by atoms with Crippen molar-refractivity contribution >= 4 is 44.9 Å². The largest absolute Gasteiger partial charge is 0.461 e. The summed E-state index contributed by atoms with van der Waals surface area (Å²) in [4.78, 5) is 45.7. The first kappa shape index (κ1) is 44.1. The van der Waals surface area contributed by atoms with Gasteiger partial charge in [-0.05, 0) is 125 Å². The summed E-state index contributed by atoms with van der Waals surface area (Å²) < 4.78 is 11.3. The molecule has 1 aromatic rings. The minimum absolute atomic E-state index is 0.154. The van der Waals surface area contributed by atoms with Crippen LogP contribution in [-0.2, 0) is 19.1 Å². The molecule has 0 heterocycles. The molecule has 5 unspecified atom stereocenters. The van der Waals surface area contributed by atoms with Gasteiger partial charge in [0.1, 0.15) is 23.7 Å². The van der Waals surface area contributed by atoms with Crippen LogP contribution in [0.15, 0.2) is 53.1 Å². The molecule has 304 valence electrons. The van der Waals surface area contributed by atoms with Gasteiger partial charge in [-0.3, -0.25) is 29.8 Å². The number of fused-ring (bicyclic) bond motifs is 1. The molecule has 0 saturated heterocycles. The smallest absolute Gasteiger partial charge is 0.316 e. The Morgan fingerprint density at radius 3 is 2.55 bits per heavy atom. The first-order chi connectivity index (χ1) is 26.1. The molecule has 0 bridgehead atoms. The van der Waals surface area contributed by atoms with Crippen molar-refractivity contribution in [1.82, 2.24) is 0 Å². The van der Waals surface area contributed by atoms with Gasteiger partial charge in [0, 0.05) is 25.5 Å². The lowest BCUT2D eigenvalue weighted by atomic mass is 9.60. The lowest BCUT2D eigenvalue weighted by Crippen LogP contribution is -2.36. The van der Waals surface area contributed by atoms with Gasteiger partial charge in [0.2, 0.25) is 0 Å². The number of alkyl halides is 1. The van der Waals surface area contributed by atoms with E-state index >= 15 is 0 Å². The highest BCUT2D eigenvalue weighted by molar-refractivity contribution is 9.09. The number of carbonyl (C=O) groups is 2. The SMILES string of the molecule is CC(CCCC(C)(C)O)C1CCC2/C(=C/C=C3\CC(OC(=O)CBr)CC\C3=C/COC(=O)CCCCCNc3ccc([N+](=O)[O-])cc3[N+](=O)[O-])CCCC21C. The van der Waals surface area contributed by atoms with E-state index in [9.17, 15) is 34.9 Å². The Hall–Kier alpha value is -3.58. The molecule has 2 N–H and O–H groups in total. The fourth-order valence-corrected chi connectivity index (χ4v) is 9.33. The van der Waals surface area contributed by atoms with E-state index in [0.29, 0.717) is 56.4 Å². The van der Waals surface area contributed by atoms with Crippen molar-refractivity contribution in [3.05, 3.63) is 73.4 Å². The molecule has 5 atom stereocenters. The Morgan fingerprint density at radius 2 is 1.84 bits per heavy atom. The highest BCUT2D eigenvalue weighted by Gasteiger charge is 2.50. The minimum atomic E-state index is -0.669. The topological polar surface area (TPSA) is 171 Å². The van der Waals surface area contributed by atoms with E-state index in [1.54, 1.807) is 0 Å². The third kappa shape index (κ3) is 13.0. The van der Waals surface area contributed by atoms with Gasteiger partial charge in [0.25, 0.3) is 11.4 Å². The minimum Gasteiger partial charge on any atom is -0.461 e. The number of nitrogens with zero attached hydrogens (tertiary/aromatic N) is 2. The normalized spacial score (nSPS) is 25.4. The Kier molecular flexibility index (Phi) is 16.5. The van der Waals surface area contributed by atoms with Gasteiger partial charge in [-0.25, -0.2) is 0 Å². The van der Waals surface area contributed by atoms with Gasteiger partial charge in [-0.15, -0.1) is 0 Å². The van der Waals surface area contributed by atoms with E-state index in [0.717, 1.165) is 49.3 Å². The fraction of sp³-hybridized carbons (Fsp3) is 0.667. The molecule has 0 aliphatic heterocycles. The first-order valence-corrected chi connectivity index (χ1v) is 21.1. The number of allylic oxidation sites excluding steroid dienone is 4. The number of rotatable bonds is 19. The van der Waals surface area contributed by atoms with Crippen molar-refractivity contribution in [2.24, 2.45) is 23.2 Å². The van der Waals surface area contributed by atoms with Crippen LogP contribution in [0, 0.1) is 43.4 Å². The van der Waals surface area contributed by atoms with Crippen molar-refractivity contribution in [2.45, 2.75) is 136 Å². The standard InChI is InChI=1S/C42H60BrN3O9/c1-29(10-8-22-41(2,3)49)35-18-19-36-31(11-9-23-42(35,36)4)13-14-32-26-34(55-40(48)28-43)17-15-30(32)21-25-54-39(47)12-6-5-7-24-44-37-20-16-33(45(50)51)27-38(37)46(52)53/h13-14,16,20-21,27,29,34-36,44,49H,5-12,15,17-19,22-26,28H2,1-4H3/b30-21+,31-13+,32-14+. The first-order valence-electron chi connectivity index (χ1n) is 20.0. The number of benzene rings is 1. The molecule has 1 aromatic carbocycles. The Balaban J connectivity index is 1.31. The zero-order chi connectivity index (χ0) is 40.2. The lowest BCUT2D eigenvalue weighted by molar-refractivity contribution is -0.393. The van der Waals surface area contributed by atoms with Crippen LogP contribution in [0.25, 0.3) is 0 Å². The molecule has 13 heteroatoms. The van der Waals surface area contributed by atoms with Gasteiger partial charge < -0.3 is 19.9 Å². The van der Waals surface area contributed by atoms with Crippen LogP contribution in [0.5, 0.6) is 0 Å². The molecule has 12 nitrogen and oxygen atoms in total. The number of unbranched alkanes of at least 4 members (excludes halogenated alkanes) is 2. The van der Waals surface area contributed by atoms with E-state index in [1.807, 2.05) is 19.9 Å². The number of aliphatic hydroxyl groups is 1. The summed E-state index contributed by atoms with van der Waals surface area (Å²) in [6, 6.07) is 3.50. The van der Waals surface area contributed by atoms with Crippen LogP contribution in [-0.4, -0.2) is 57.1 Å². The average Bonchev–Trinajstić information content (AvgIpc) is 3.49. The molecule has 55 heavy (non-hydrogen) atoms. The predicted octanol–water partition coefficient (Wildman–Crippen LogP) is 10.1. The summed E-state index contributed by atoms with van der Waals surface area (Å²) >= 11 is 3.21. The van der Waals surface area contributed by atoms with Crippen LogP contribution in [0.4, 0.5) is 17.1 Å². The highest BCUT2D eigenvalue weighted by atomic mass is 79.9. The van der Waals surface area contributed by atoms with Crippen molar-refractivity contribution in [1.29, 1.82) is 0 Å². The number of nitrogens with one attached hydrogen (secondary N) is 1. The Morgan fingerprint density at radius 1 is 1.05 bits per heavy atom. The van der Waals surface area contributed by atoms with Crippen LogP contribution in [0.2, 0.25) is 0 Å². The number of nitro benzene ring substituents is 2. The van der Waals surface area contributed by atoms with E-state index in [4.69, 9.17) is 9.47 Å². The fourth-order valence-electron chi connectivity index (χ4n) is 9.20. The van der Waals surface area contributed by atoms with Gasteiger partial charge in [0.05, 0.1) is 21.5 Å². The third-order valence-corrected chi connectivity index (χ3v) is 12.5. The predicted molar refractivity (Wildman–Crippen MR) is 217 cm³/mol. The zero-order valence-electron chi connectivity index (χ0n) is 33.0. The van der Waals surface area contributed by atoms with Crippen molar-refractivity contribution in [3.63, 3.8) is 0 Å². The number of hydrogen-bond donors (Lipinski definition) is 2. The maximum atomic E-state index is 12.6. The van der Waals surface area contributed by atoms with Crippen LogP contribution in [0.1, 0.15) is 124 Å². The number of hydrogen-bond acceptors (Lipinski definition) is 10. The van der Waals surface area contributed by atoms with Gasteiger partial charge >= 0.3 is 11.9 Å². The number of nitro groups is 2. The number of carbonyl (C=O) groups excluding carboxylic acids is 2. The second-order valence-electron chi connectivity index (χ2n) is 16.6. The van der Waals surface area contributed by atoms with E-state index in [-0.39, 0.29) is 58.9 Å². The second-order valence-corrected chi connectivity index (χ2v) is 17.1. The molecular weight excluding hydrogens is 770 g/mol. The molecule has 3 aliphatic rings. The number of anilines is 1.